The molecule has 1 heterocycles. The Morgan fingerprint density at radius 3 is 1.82 bits per heavy atom. The Bertz CT molecular complexity index is 2140. The molecule has 0 spiro atoms. The number of rotatable bonds is 15. The molecule has 0 aliphatic rings. The third-order valence-corrected chi connectivity index (χ3v) is 10.2. The van der Waals surface area contributed by atoms with Crippen molar-refractivity contribution in [2.24, 2.45) is 5.22 Å². The first-order valence-corrected chi connectivity index (χ1v) is 18.8. The number of aliphatic hydroxyl groups is 1. The minimum atomic E-state index is -1.30. The number of nitrogens with zero attached hydrogens (tertiary/aromatic N) is 4. The third-order valence-electron chi connectivity index (χ3n) is 10.2. The van der Waals surface area contributed by atoms with E-state index < -0.39 is 17.1 Å². The molecule has 0 bridgehead atoms. The van der Waals surface area contributed by atoms with E-state index >= 15 is 0 Å². The molecule has 0 radical (unpaired) electrons. The van der Waals surface area contributed by atoms with E-state index in [1.165, 1.54) is 5.01 Å². The molecule has 5 aromatic carbocycles. The zero-order valence-corrected chi connectivity index (χ0v) is 31.9. The average molecular weight is 733 g/mol. The van der Waals surface area contributed by atoms with E-state index in [2.05, 4.69) is 12.1 Å². The Balaban J connectivity index is 1.43. The summed E-state index contributed by atoms with van der Waals surface area (Å²) in [6.45, 7) is 7.93. The Morgan fingerprint density at radius 2 is 1.33 bits per heavy atom. The highest BCUT2D eigenvalue weighted by molar-refractivity contribution is 6.03. The van der Waals surface area contributed by atoms with Gasteiger partial charge in [-0.15, -0.1) is 0 Å². The first kappa shape index (κ1) is 38.5. The predicted octanol–water partition coefficient (Wildman–Crippen LogP) is 9.91. The number of amidine groups is 1. The lowest BCUT2D eigenvalue weighted by molar-refractivity contribution is 0.0390. The molecule has 0 saturated carbocycles. The Hall–Kier alpha value is -6.19. The zero-order chi connectivity index (χ0) is 39.0. The number of hydrogen-bond donors (Lipinski definition) is 3. The molecule has 0 aliphatic carbocycles. The highest BCUT2D eigenvalue weighted by Gasteiger charge is 2.45. The average Bonchev–Trinajstić information content (AvgIpc) is 3.59. The molecule has 1 aromatic heterocycles. The van der Waals surface area contributed by atoms with Gasteiger partial charge in [-0.1, -0.05) is 159 Å². The van der Waals surface area contributed by atoms with Gasteiger partial charge in [0, 0.05) is 18.5 Å². The van der Waals surface area contributed by atoms with Gasteiger partial charge in [-0.3, -0.25) is 5.41 Å². The van der Waals surface area contributed by atoms with Gasteiger partial charge in [0.15, 0.2) is 11.5 Å². The fraction of sp³-hybridized carbons (Fsp3) is 0.239. The second kappa shape index (κ2) is 16.9. The van der Waals surface area contributed by atoms with Crippen LogP contribution in [0.3, 0.4) is 0 Å². The number of nitrogens with one attached hydrogen (secondary N) is 2. The monoisotopic (exact) mass is 732 g/mol. The molecule has 0 fully saturated rings. The number of carbonyl (C=O) groups excluding carboxylic acids is 1. The van der Waals surface area contributed by atoms with Gasteiger partial charge < -0.3 is 14.4 Å². The van der Waals surface area contributed by atoms with Crippen molar-refractivity contribution in [2.75, 3.05) is 6.61 Å². The normalized spacial score (nSPS) is 12.5. The van der Waals surface area contributed by atoms with E-state index in [0.717, 1.165) is 45.6 Å². The van der Waals surface area contributed by atoms with E-state index in [0.29, 0.717) is 30.6 Å². The van der Waals surface area contributed by atoms with Crippen LogP contribution < -0.4 is 0 Å². The molecule has 6 aromatic rings. The molecule has 3 N–H and O–H groups in total. The smallest absolute Gasteiger partial charge is 0.357 e. The van der Waals surface area contributed by atoms with Gasteiger partial charge in [0.05, 0.1) is 6.61 Å². The lowest BCUT2D eigenvalue weighted by atomic mass is 9.76. The molecular weight excluding hydrogens is 685 g/mol. The quantitative estimate of drug-likeness (QED) is 0.0242. The van der Waals surface area contributed by atoms with Gasteiger partial charge in [-0.05, 0) is 60.1 Å². The van der Waals surface area contributed by atoms with Crippen LogP contribution in [0.25, 0.3) is 11.1 Å². The molecule has 9 heteroatoms. The predicted molar refractivity (Wildman–Crippen MR) is 216 cm³/mol. The maximum absolute atomic E-state index is 13.4. The number of hydrogen-bond acceptors (Lipinski definition) is 7. The van der Waals surface area contributed by atoms with E-state index in [9.17, 15) is 15.3 Å². The first-order valence-electron chi connectivity index (χ1n) is 18.8. The van der Waals surface area contributed by atoms with Crippen molar-refractivity contribution < 1.29 is 14.6 Å². The summed E-state index contributed by atoms with van der Waals surface area (Å²) in [6.07, 6.45) is 1.84. The molecule has 0 saturated heterocycles. The van der Waals surface area contributed by atoms with Crippen LogP contribution in [0.15, 0.2) is 145 Å². The van der Waals surface area contributed by atoms with Crippen LogP contribution in [0.5, 0.6) is 0 Å². The highest BCUT2D eigenvalue weighted by atomic mass is 16.5. The van der Waals surface area contributed by atoms with Crippen molar-refractivity contribution in [1.82, 2.24) is 14.6 Å². The maximum atomic E-state index is 13.4. The van der Waals surface area contributed by atoms with Crippen molar-refractivity contribution >= 4 is 11.8 Å². The van der Waals surface area contributed by atoms with Crippen LogP contribution in [0.2, 0.25) is 0 Å². The van der Waals surface area contributed by atoms with Crippen LogP contribution in [-0.4, -0.2) is 38.1 Å². The first-order chi connectivity index (χ1) is 26.7. The highest BCUT2D eigenvalue weighted by Crippen LogP contribution is 2.44. The number of aromatic nitrogens is 2. The van der Waals surface area contributed by atoms with Crippen LogP contribution in [0.1, 0.15) is 90.4 Å². The second-order valence-corrected chi connectivity index (χ2v) is 13.7. The summed E-state index contributed by atoms with van der Waals surface area (Å²) >= 11 is 0. The Labute approximate surface area is 323 Å². The molecule has 9 nitrogen and oxygen atoms in total. The van der Waals surface area contributed by atoms with Crippen LogP contribution in [-0.2, 0) is 28.8 Å². The van der Waals surface area contributed by atoms with Gasteiger partial charge in [0.25, 0.3) is 0 Å². The van der Waals surface area contributed by atoms with E-state index in [-0.39, 0.29) is 18.1 Å². The zero-order valence-electron chi connectivity index (χ0n) is 31.9. The topological polar surface area (TPSA) is 128 Å². The summed E-state index contributed by atoms with van der Waals surface area (Å²) in [4.78, 5) is 18.2. The standard InChI is InChI=1S/C46H48N6O3/c1-5-19-40-49-42(45(4,54)6-2)41(44(53)55-7-3)51(40)32-33-28-30-34(31-29-33)38-26-17-18-27-39(38)43(47)52(50-48)46(35-20-11-8-12-21-35,36-22-13-9-14-23-36)37-24-15-10-16-25-37/h8-18,20-31,47-48,54H,5-7,19,32H2,1-4H3. The number of esters is 1. The number of imidazole rings is 1. The van der Waals surface area contributed by atoms with Crippen LogP contribution in [0, 0.1) is 10.9 Å². The molecule has 55 heavy (non-hydrogen) atoms. The molecule has 0 aliphatic heterocycles. The minimum absolute atomic E-state index is 0.0587. The lowest BCUT2D eigenvalue weighted by Crippen LogP contribution is -2.48. The third kappa shape index (κ3) is 7.48. The van der Waals surface area contributed by atoms with E-state index in [1.807, 2.05) is 151 Å². The summed E-state index contributed by atoms with van der Waals surface area (Å²) in [5.74, 6) is 0.269. The summed E-state index contributed by atoms with van der Waals surface area (Å²) in [5.41, 5.74) is 12.7. The fourth-order valence-electron chi connectivity index (χ4n) is 7.26. The van der Waals surface area contributed by atoms with Crippen molar-refractivity contribution in [2.45, 2.75) is 64.6 Å². The number of ether oxygens (including phenoxy) is 1. The summed E-state index contributed by atoms with van der Waals surface area (Å²) in [5, 5.41) is 26.8. The number of carbonyl (C=O) groups is 1. The lowest BCUT2D eigenvalue weighted by Gasteiger charge is -2.42. The molecule has 0 amide bonds. The van der Waals surface area contributed by atoms with Crippen molar-refractivity contribution in [1.29, 1.82) is 10.9 Å². The molecular formula is C46H48N6O3. The molecule has 1 atom stereocenters. The molecule has 6 rings (SSSR count). The Kier molecular flexibility index (Phi) is 11.8. The summed E-state index contributed by atoms with van der Waals surface area (Å²) in [7, 11) is 0. The van der Waals surface area contributed by atoms with Crippen LogP contribution >= 0.6 is 0 Å². The van der Waals surface area contributed by atoms with Crippen LogP contribution in [0.4, 0.5) is 0 Å². The largest absolute Gasteiger partial charge is 0.461 e. The van der Waals surface area contributed by atoms with Crippen molar-refractivity contribution in [3.8, 4) is 11.1 Å². The summed E-state index contributed by atoms with van der Waals surface area (Å²) < 4.78 is 7.35. The second-order valence-electron chi connectivity index (χ2n) is 13.7. The van der Waals surface area contributed by atoms with Gasteiger partial charge in [0.1, 0.15) is 22.7 Å². The molecule has 1 unspecified atom stereocenters. The van der Waals surface area contributed by atoms with E-state index in [1.54, 1.807) is 13.8 Å². The van der Waals surface area contributed by atoms with E-state index in [4.69, 9.17) is 15.3 Å². The van der Waals surface area contributed by atoms with Gasteiger partial charge in [0.2, 0.25) is 0 Å². The number of benzene rings is 5. The van der Waals surface area contributed by atoms with Gasteiger partial charge in [-0.2, -0.15) is 5.53 Å². The molecule has 280 valence electrons. The maximum Gasteiger partial charge on any atom is 0.357 e. The SMILES string of the molecule is CCCc1nc(C(C)(O)CC)c(C(=O)OCC)n1Cc1ccc(-c2ccccc2C(=N)N(N=N)C(c2ccccc2)(c2ccccc2)c2ccccc2)cc1. The minimum Gasteiger partial charge on any atom is -0.461 e. The van der Waals surface area contributed by atoms with Gasteiger partial charge in [-0.25, -0.2) is 14.8 Å². The number of aryl methyl sites for hydroxylation is 1. The van der Waals surface area contributed by atoms with Crippen molar-refractivity contribution in [3.63, 3.8) is 0 Å². The van der Waals surface area contributed by atoms with Gasteiger partial charge >= 0.3 is 5.97 Å². The Morgan fingerprint density at radius 1 is 0.800 bits per heavy atom. The van der Waals surface area contributed by atoms with Crippen molar-refractivity contribution in [3.05, 3.63) is 185 Å². The fourth-order valence-corrected chi connectivity index (χ4v) is 7.26. The summed E-state index contributed by atoms with van der Waals surface area (Å²) in [6, 6.07) is 45.5.